The maximum absolute atomic E-state index is 11.8. The van der Waals surface area contributed by atoms with Crippen molar-refractivity contribution in [3.05, 3.63) is 28.8 Å². The first-order chi connectivity index (χ1) is 8.56. The zero-order valence-electron chi connectivity index (χ0n) is 10.2. The Bertz CT molecular complexity index is 450. The maximum atomic E-state index is 11.8. The van der Waals surface area contributed by atoms with Crippen LogP contribution in [0.1, 0.15) is 12.0 Å². The van der Waals surface area contributed by atoms with Crippen molar-refractivity contribution in [1.82, 2.24) is 4.90 Å². The number of aliphatic hydroxyl groups excluding tert-OH is 1. The van der Waals surface area contributed by atoms with Crippen LogP contribution in [0.4, 0.5) is 0 Å². The molecule has 0 unspecified atom stereocenters. The van der Waals surface area contributed by atoms with Gasteiger partial charge >= 0.3 is 0 Å². The monoisotopic (exact) mass is 269 g/mol. The molecule has 1 aliphatic heterocycles. The molecule has 1 atom stereocenters. The second-order valence-electron chi connectivity index (χ2n) is 4.48. The van der Waals surface area contributed by atoms with Gasteiger partial charge in [0.25, 0.3) is 5.91 Å². The van der Waals surface area contributed by atoms with Gasteiger partial charge in [0.15, 0.2) is 6.61 Å². The lowest BCUT2D eigenvalue weighted by Crippen LogP contribution is -2.33. The Labute approximate surface area is 111 Å². The molecule has 0 bridgehead atoms. The van der Waals surface area contributed by atoms with Crippen LogP contribution in [0.2, 0.25) is 5.02 Å². The van der Waals surface area contributed by atoms with Gasteiger partial charge in [0.05, 0.1) is 6.10 Å². The fraction of sp³-hybridized carbons (Fsp3) is 0.462. The minimum Gasteiger partial charge on any atom is -0.483 e. The third kappa shape index (κ3) is 3.15. The molecule has 1 aromatic carbocycles. The molecule has 1 saturated heterocycles. The van der Waals surface area contributed by atoms with E-state index in [2.05, 4.69) is 0 Å². The van der Waals surface area contributed by atoms with Crippen molar-refractivity contribution >= 4 is 17.5 Å². The van der Waals surface area contributed by atoms with E-state index in [-0.39, 0.29) is 12.5 Å². The number of amides is 1. The lowest BCUT2D eigenvalue weighted by molar-refractivity contribution is -0.132. The number of hydrogen-bond donors (Lipinski definition) is 1. The van der Waals surface area contributed by atoms with Crippen LogP contribution in [0.3, 0.4) is 0 Å². The van der Waals surface area contributed by atoms with Gasteiger partial charge in [-0.3, -0.25) is 4.79 Å². The predicted octanol–water partition coefficient (Wildman–Crippen LogP) is 1.62. The molecule has 1 amide bonds. The highest BCUT2D eigenvalue weighted by Gasteiger charge is 2.24. The number of aliphatic hydroxyl groups is 1. The Morgan fingerprint density at radius 2 is 2.39 bits per heavy atom. The van der Waals surface area contributed by atoms with Gasteiger partial charge in [-0.05, 0) is 37.1 Å². The summed E-state index contributed by atoms with van der Waals surface area (Å²) in [6.07, 6.45) is 0.248. The molecule has 1 heterocycles. The molecule has 1 N–H and O–H groups in total. The van der Waals surface area contributed by atoms with E-state index in [0.717, 1.165) is 5.56 Å². The number of carbonyl (C=O) groups is 1. The van der Waals surface area contributed by atoms with Gasteiger partial charge in [-0.25, -0.2) is 0 Å². The quantitative estimate of drug-likeness (QED) is 0.907. The molecular formula is C13H16ClNO3. The van der Waals surface area contributed by atoms with Crippen molar-refractivity contribution in [3.8, 4) is 5.75 Å². The highest BCUT2D eigenvalue weighted by molar-refractivity contribution is 6.30. The largest absolute Gasteiger partial charge is 0.483 e. The lowest BCUT2D eigenvalue weighted by Gasteiger charge is -2.16. The third-order valence-corrected chi connectivity index (χ3v) is 3.24. The molecule has 2 rings (SSSR count). The zero-order chi connectivity index (χ0) is 13.1. The van der Waals surface area contributed by atoms with E-state index < -0.39 is 6.10 Å². The Kier molecular flexibility index (Phi) is 4.09. The van der Waals surface area contributed by atoms with E-state index >= 15 is 0 Å². The van der Waals surface area contributed by atoms with Crippen LogP contribution in [0, 0.1) is 6.92 Å². The first-order valence-electron chi connectivity index (χ1n) is 5.91. The summed E-state index contributed by atoms with van der Waals surface area (Å²) in [5, 5.41) is 10.0. The van der Waals surface area contributed by atoms with Crippen molar-refractivity contribution < 1.29 is 14.6 Å². The number of halogens is 1. The molecule has 0 saturated carbocycles. The summed E-state index contributed by atoms with van der Waals surface area (Å²) >= 11 is 5.84. The van der Waals surface area contributed by atoms with E-state index in [0.29, 0.717) is 30.3 Å². The third-order valence-electron chi connectivity index (χ3n) is 3.00. The molecule has 98 valence electrons. The topological polar surface area (TPSA) is 49.8 Å². The Balaban J connectivity index is 1.89. The van der Waals surface area contributed by atoms with Crippen LogP contribution in [0.25, 0.3) is 0 Å². The Morgan fingerprint density at radius 3 is 3.00 bits per heavy atom. The number of benzene rings is 1. The van der Waals surface area contributed by atoms with E-state index in [4.69, 9.17) is 16.3 Å². The zero-order valence-corrected chi connectivity index (χ0v) is 11.0. The summed E-state index contributed by atoms with van der Waals surface area (Å²) in [5.74, 6) is 0.563. The summed E-state index contributed by atoms with van der Waals surface area (Å²) in [6.45, 7) is 2.88. The lowest BCUT2D eigenvalue weighted by atomic mass is 10.2. The molecule has 1 aliphatic rings. The summed E-state index contributed by atoms with van der Waals surface area (Å²) in [6, 6.07) is 5.28. The summed E-state index contributed by atoms with van der Waals surface area (Å²) < 4.78 is 5.47. The molecule has 0 aromatic heterocycles. The first-order valence-corrected chi connectivity index (χ1v) is 6.29. The number of ether oxygens (including phenoxy) is 1. The van der Waals surface area contributed by atoms with E-state index in [1.807, 2.05) is 6.92 Å². The van der Waals surface area contributed by atoms with Gasteiger partial charge in [0.2, 0.25) is 0 Å². The average Bonchev–Trinajstić information content (AvgIpc) is 2.74. The average molecular weight is 270 g/mol. The number of rotatable bonds is 3. The highest BCUT2D eigenvalue weighted by Crippen LogP contribution is 2.22. The molecule has 0 radical (unpaired) electrons. The summed E-state index contributed by atoms with van der Waals surface area (Å²) in [4.78, 5) is 13.4. The smallest absolute Gasteiger partial charge is 0.260 e. The van der Waals surface area contributed by atoms with Crippen molar-refractivity contribution in [1.29, 1.82) is 0 Å². The number of β-amino-alcohol motifs (C(OH)–C–C–N with tert-alkyl or cyclic N) is 1. The highest BCUT2D eigenvalue weighted by atomic mass is 35.5. The summed E-state index contributed by atoms with van der Waals surface area (Å²) in [7, 11) is 0. The predicted molar refractivity (Wildman–Crippen MR) is 68.9 cm³/mol. The molecule has 18 heavy (non-hydrogen) atoms. The maximum Gasteiger partial charge on any atom is 0.260 e. The number of likely N-dealkylation sites (tertiary alicyclic amines) is 1. The number of carbonyl (C=O) groups excluding carboxylic acids is 1. The molecule has 0 aliphatic carbocycles. The van der Waals surface area contributed by atoms with Crippen LogP contribution < -0.4 is 4.74 Å². The van der Waals surface area contributed by atoms with Crippen LogP contribution in [-0.4, -0.2) is 41.7 Å². The van der Waals surface area contributed by atoms with Gasteiger partial charge in [-0.1, -0.05) is 11.6 Å². The van der Waals surface area contributed by atoms with Gasteiger partial charge < -0.3 is 14.7 Å². The summed E-state index contributed by atoms with van der Waals surface area (Å²) in [5.41, 5.74) is 0.900. The van der Waals surface area contributed by atoms with Crippen molar-refractivity contribution in [2.75, 3.05) is 19.7 Å². The van der Waals surface area contributed by atoms with Crippen LogP contribution >= 0.6 is 11.6 Å². The molecule has 5 heteroatoms. The Hall–Kier alpha value is -1.26. The fourth-order valence-corrected chi connectivity index (χ4v) is 2.20. The SMILES string of the molecule is Cc1cc(Cl)ccc1OCC(=O)N1CC[C@@H](O)C1. The number of hydrogen-bond acceptors (Lipinski definition) is 3. The number of aryl methyl sites for hydroxylation is 1. The minimum absolute atomic E-state index is 0.00477. The normalized spacial score (nSPS) is 19.1. The van der Waals surface area contributed by atoms with Crippen LogP contribution in [-0.2, 0) is 4.79 Å². The van der Waals surface area contributed by atoms with Gasteiger partial charge in [-0.2, -0.15) is 0 Å². The Morgan fingerprint density at radius 1 is 1.61 bits per heavy atom. The van der Waals surface area contributed by atoms with Crippen LogP contribution in [0.15, 0.2) is 18.2 Å². The molecular weight excluding hydrogens is 254 g/mol. The van der Waals surface area contributed by atoms with Gasteiger partial charge in [-0.15, -0.1) is 0 Å². The minimum atomic E-state index is -0.397. The van der Waals surface area contributed by atoms with E-state index in [1.165, 1.54) is 0 Å². The molecule has 0 spiro atoms. The van der Waals surface area contributed by atoms with E-state index in [9.17, 15) is 9.90 Å². The molecule has 1 fully saturated rings. The standard InChI is InChI=1S/C13H16ClNO3/c1-9-6-10(14)2-3-12(9)18-8-13(17)15-5-4-11(16)7-15/h2-3,6,11,16H,4-5,7-8H2,1H3/t11-/m1/s1. The first kappa shape index (κ1) is 13.2. The molecule has 4 nitrogen and oxygen atoms in total. The van der Waals surface area contributed by atoms with Crippen molar-refractivity contribution in [3.63, 3.8) is 0 Å². The van der Waals surface area contributed by atoms with Gasteiger partial charge in [0, 0.05) is 18.1 Å². The van der Waals surface area contributed by atoms with Crippen molar-refractivity contribution in [2.45, 2.75) is 19.4 Å². The van der Waals surface area contributed by atoms with E-state index in [1.54, 1.807) is 23.1 Å². The second kappa shape index (κ2) is 5.59. The van der Waals surface area contributed by atoms with Gasteiger partial charge in [0.1, 0.15) is 5.75 Å². The van der Waals surface area contributed by atoms with Crippen LogP contribution in [0.5, 0.6) is 5.75 Å². The second-order valence-corrected chi connectivity index (χ2v) is 4.92. The fourth-order valence-electron chi connectivity index (χ4n) is 1.97. The van der Waals surface area contributed by atoms with Crippen molar-refractivity contribution in [2.24, 2.45) is 0 Å². The number of nitrogens with zero attached hydrogens (tertiary/aromatic N) is 1. The molecule has 1 aromatic rings.